The van der Waals surface area contributed by atoms with Gasteiger partial charge in [-0.2, -0.15) is 8.75 Å². The van der Waals surface area contributed by atoms with E-state index in [4.69, 9.17) is 9.47 Å². The van der Waals surface area contributed by atoms with E-state index >= 15 is 0 Å². The summed E-state index contributed by atoms with van der Waals surface area (Å²) >= 11 is 1.15. The number of hydrogen-bond acceptors (Lipinski definition) is 8. The molecule has 0 saturated heterocycles. The maximum atomic E-state index is 12.5. The monoisotopic (exact) mass is 358 g/mol. The number of hydrogen-bond donors (Lipinski definition) is 1. The molecule has 1 aromatic carbocycles. The van der Waals surface area contributed by atoms with Crippen LogP contribution in [0.15, 0.2) is 18.2 Å². The third kappa shape index (κ3) is 2.91. The number of carbonyl (C=O) groups is 1. The molecule has 0 fully saturated rings. The van der Waals surface area contributed by atoms with Gasteiger partial charge in [0.1, 0.15) is 0 Å². The molecular weight excluding hydrogens is 344 g/mol. The van der Waals surface area contributed by atoms with E-state index in [1.54, 1.807) is 29.8 Å². The lowest BCUT2D eigenvalue weighted by atomic mass is 10.2. The van der Waals surface area contributed by atoms with E-state index in [9.17, 15) is 4.79 Å². The van der Waals surface area contributed by atoms with Gasteiger partial charge < -0.3 is 14.8 Å². The molecule has 0 aliphatic carbocycles. The lowest BCUT2D eigenvalue weighted by Crippen LogP contribution is -2.14. The van der Waals surface area contributed by atoms with E-state index in [-0.39, 0.29) is 18.4 Å². The Labute approximate surface area is 146 Å². The molecule has 10 heteroatoms. The lowest BCUT2D eigenvalue weighted by Gasteiger charge is -2.05. The number of rotatable bonds is 4. The molecule has 9 nitrogen and oxygen atoms in total. The van der Waals surface area contributed by atoms with Crippen LogP contribution < -0.4 is 14.8 Å². The summed E-state index contributed by atoms with van der Waals surface area (Å²) in [6.45, 7) is 4.30. The predicted octanol–water partition coefficient (Wildman–Crippen LogP) is 1.78. The minimum atomic E-state index is -0.337. The number of aryl methyl sites for hydroxylation is 1. The van der Waals surface area contributed by atoms with E-state index in [0.29, 0.717) is 29.4 Å². The number of ether oxygens (including phenoxy) is 2. The SMILES string of the molecule is Cc1nsnc1Cn1nnc(C(=O)Nc2ccc3c(c2)OCO3)c1C. The standard InChI is InChI=1S/C15H14N6O3S/c1-8-11(19-25-18-8)6-21-9(2)14(17-20-21)15(22)16-10-3-4-12-13(5-10)24-7-23-12/h3-5H,6-7H2,1-2H3,(H,16,22). The van der Waals surface area contributed by atoms with Crippen LogP contribution >= 0.6 is 11.7 Å². The molecule has 3 heterocycles. The second-order valence-electron chi connectivity index (χ2n) is 5.50. The zero-order valence-corrected chi connectivity index (χ0v) is 14.3. The molecule has 1 N–H and O–H groups in total. The van der Waals surface area contributed by atoms with Crippen LogP contribution in [0, 0.1) is 13.8 Å². The maximum Gasteiger partial charge on any atom is 0.278 e. The van der Waals surface area contributed by atoms with Crippen LogP contribution in [0.1, 0.15) is 27.6 Å². The minimum Gasteiger partial charge on any atom is -0.454 e. The summed E-state index contributed by atoms with van der Waals surface area (Å²) in [5.74, 6) is 0.924. The highest BCUT2D eigenvalue weighted by Gasteiger charge is 2.19. The zero-order chi connectivity index (χ0) is 17.4. The summed E-state index contributed by atoms with van der Waals surface area (Å²) in [5, 5.41) is 10.8. The van der Waals surface area contributed by atoms with Crippen LogP contribution in [0.25, 0.3) is 0 Å². The van der Waals surface area contributed by atoms with E-state index in [2.05, 4.69) is 24.4 Å². The van der Waals surface area contributed by atoms with Gasteiger partial charge in [0.2, 0.25) is 6.79 Å². The Bertz CT molecular complexity index is 951. The van der Waals surface area contributed by atoms with Gasteiger partial charge in [0.05, 0.1) is 35.4 Å². The van der Waals surface area contributed by atoms with Gasteiger partial charge in [0, 0.05) is 11.8 Å². The van der Waals surface area contributed by atoms with Gasteiger partial charge in [-0.05, 0) is 26.0 Å². The summed E-state index contributed by atoms with van der Waals surface area (Å²) < 4.78 is 20.6. The quantitative estimate of drug-likeness (QED) is 0.758. The molecule has 0 unspecified atom stereocenters. The number of fused-ring (bicyclic) bond motifs is 1. The Balaban J connectivity index is 1.52. The number of nitrogens with one attached hydrogen (secondary N) is 1. The van der Waals surface area contributed by atoms with Crippen molar-refractivity contribution in [1.82, 2.24) is 23.7 Å². The smallest absolute Gasteiger partial charge is 0.278 e. The number of carbonyl (C=O) groups excluding carboxylic acids is 1. The average Bonchev–Trinajstić information content (AvgIpc) is 3.30. The van der Waals surface area contributed by atoms with Gasteiger partial charge in [0.25, 0.3) is 5.91 Å². The number of anilines is 1. The van der Waals surface area contributed by atoms with Gasteiger partial charge in [-0.1, -0.05) is 5.21 Å². The normalized spacial score (nSPS) is 12.4. The first-order valence-electron chi connectivity index (χ1n) is 7.51. The average molecular weight is 358 g/mol. The Kier molecular flexibility index (Phi) is 3.80. The second-order valence-corrected chi connectivity index (χ2v) is 6.03. The van der Waals surface area contributed by atoms with E-state index in [0.717, 1.165) is 23.1 Å². The molecule has 0 atom stereocenters. The fraction of sp³-hybridized carbons (Fsp3) is 0.267. The van der Waals surface area contributed by atoms with Crippen molar-refractivity contribution in [2.24, 2.45) is 0 Å². The van der Waals surface area contributed by atoms with Crippen molar-refractivity contribution in [1.29, 1.82) is 0 Å². The largest absolute Gasteiger partial charge is 0.454 e. The van der Waals surface area contributed by atoms with Crippen molar-refractivity contribution in [3.8, 4) is 11.5 Å². The first-order chi connectivity index (χ1) is 12.1. The molecule has 0 bridgehead atoms. The molecule has 0 saturated carbocycles. The fourth-order valence-electron chi connectivity index (χ4n) is 2.42. The molecule has 25 heavy (non-hydrogen) atoms. The molecule has 3 aromatic rings. The van der Waals surface area contributed by atoms with Crippen molar-refractivity contribution in [2.45, 2.75) is 20.4 Å². The Morgan fingerprint density at radius 3 is 2.92 bits per heavy atom. The summed E-state index contributed by atoms with van der Waals surface area (Å²) in [6.07, 6.45) is 0. The van der Waals surface area contributed by atoms with Gasteiger partial charge in [-0.15, -0.1) is 5.10 Å². The van der Waals surface area contributed by atoms with Crippen LogP contribution in [0.5, 0.6) is 11.5 Å². The van der Waals surface area contributed by atoms with Crippen LogP contribution in [0.3, 0.4) is 0 Å². The van der Waals surface area contributed by atoms with Crippen LogP contribution in [-0.4, -0.2) is 36.4 Å². The third-order valence-electron chi connectivity index (χ3n) is 3.87. The van der Waals surface area contributed by atoms with Crippen molar-refractivity contribution in [2.75, 3.05) is 12.1 Å². The van der Waals surface area contributed by atoms with Gasteiger partial charge in [0.15, 0.2) is 17.2 Å². The minimum absolute atomic E-state index is 0.186. The highest BCUT2D eigenvalue weighted by Crippen LogP contribution is 2.34. The molecule has 1 aliphatic heterocycles. The van der Waals surface area contributed by atoms with Crippen molar-refractivity contribution < 1.29 is 14.3 Å². The van der Waals surface area contributed by atoms with Crippen LogP contribution in [0.2, 0.25) is 0 Å². The van der Waals surface area contributed by atoms with Crippen molar-refractivity contribution in [3.63, 3.8) is 0 Å². The van der Waals surface area contributed by atoms with Crippen molar-refractivity contribution in [3.05, 3.63) is 41.0 Å². The summed E-state index contributed by atoms with van der Waals surface area (Å²) in [6, 6.07) is 5.21. The Morgan fingerprint density at radius 2 is 2.12 bits per heavy atom. The Hall–Kier alpha value is -3.01. The van der Waals surface area contributed by atoms with Crippen molar-refractivity contribution >= 4 is 23.3 Å². The third-order valence-corrected chi connectivity index (χ3v) is 4.53. The van der Waals surface area contributed by atoms with Crippen LogP contribution in [0.4, 0.5) is 5.69 Å². The van der Waals surface area contributed by atoms with E-state index in [1.165, 1.54) is 0 Å². The topological polar surface area (TPSA) is 104 Å². The molecule has 128 valence electrons. The van der Waals surface area contributed by atoms with E-state index < -0.39 is 0 Å². The molecule has 1 aliphatic rings. The molecular formula is C15H14N6O3S. The summed E-state index contributed by atoms with van der Waals surface area (Å²) in [4.78, 5) is 12.5. The number of amides is 1. The fourth-order valence-corrected chi connectivity index (χ4v) is 2.98. The van der Waals surface area contributed by atoms with Gasteiger partial charge in [-0.25, -0.2) is 4.68 Å². The molecule has 4 rings (SSSR count). The van der Waals surface area contributed by atoms with Gasteiger partial charge >= 0.3 is 0 Å². The summed E-state index contributed by atoms with van der Waals surface area (Å²) in [5.41, 5.74) is 3.19. The highest BCUT2D eigenvalue weighted by atomic mass is 32.1. The van der Waals surface area contributed by atoms with Gasteiger partial charge in [-0.3, -0.25) is 4.79 Å². The number of aromatic nitrogens is 5. The highest BCUT2D eigenvalue weighted by molar-refractivity contribution is 6.99. The first kappa shape index (κ1) is 15.5. The Morgan fingerprint density at radius 1 is 1.28 bits per heavy atom. The zero-order valence-electron chi connectivity index (χ0n) is 13.5. The van der Waals surface area contributed by atoms with E-state index in [1.807, 2.05) is 6.92 Å². The molecule has 0 spiro atoms. The number of nitrogens with zero attached hydrogens (tertiary/aromatic N) is 5. The number of benzene rings is 1. The molecule has 1 amide bonds. The predicted molar refractivity (Wildman–Crippen MR) is 89.0 cm³/mol. The molecule has 2 aromatic heterocycles. The molecule has 0 radical (unpaired) electrons. The maximum absolute atomic E-state index is 12.5. The van der Waals surface area contributed by atoms with Crippen LogP contribution in [-0.2, 0) is 6.54 Å². The second kappa shape index (κ2) is 6.13. The lowest BCUT2D eigenvalue weighted by molar-refractivity contribution is 0.102. The summed E-state index contributed by atoms with van der Waals surface area (Å²) in [7, 11) is 0. The first-order valence-corrected chi connectivity index (χ1v) is 8.24.